The Balaban J connectivity index is 1.60. The fraction of sp³-hybridized carbons (Fsp3) is 0.333. The van der Waals surface area contributed by atoms with Crippen molar-refractivity contribution in [3.63, 3.8) is 0 Å². The third kappa shape index (κ3) is 7.34. The van der Waals surface area contributed by atoms with Gasteiger partial charge in [0.1, 0.15) is 11.4 Å². The molecule has 5 aromatic rings. The molecule has 0 unspecified atom stereocenters. The van der Waals surface area contributed by atoms with E-state index < -0.39 is 0 Å². The van der Waals surface area contributed by atoms with E-state index in [0.717, 1.165) is 55.5 Å². The average molecular weight is 636 g/mol. The lowest BCUT2D eigenvalue weighted by Gasteiger charge is -2.14. The molecule has 0 atom stereocenters. The fourth-order valence-corrected chi connectivity index (χ4v) is 6.11. The Labute approximate surface area is 277 Å². The number of carbonyl (C=O) groups is 1. The second kappa shape index (κ2) is 15.8. The Hall–Kier alpha value is -4.66. The number of hydrogen-bond donors (Lipinski definition) is 0. The molecule has 0 fully saturated rings. The van der Waals surface area contributed by atoms with Gasteiger partial charge < -0.3 is 23.5 Å². The maximum atomic E-state index is 13.7. The molecule has 2 heterocycles. The highest BCUT2D eigenvalue weighted by Crippen LogP contribution is 2.39. The lowest BCUT2D eigenvalue weighted by atomic mass is 9.98. The van der Waals surface area contributed by atoms with Gasteiger partial charge in [0, 0.05) is 35.5 Å². The molecular formula is C39H45N3O5. The molecule has 8 nitrogen and oxygen atoms in total. The third-order valence-electron chi connectivity index (χ3n) is 8.08. The van der Waals surface area contributed by atoms with Gasteiger partial charge in [0.05, 0.1) is 56.0 Å². The van der Waals surface area contributed by atoms with Crippen molar-refractivity contribution < 1.29 is 23.7 Å². The first kappa shape index (κ1) is 33.7. The van der Waals surface area contributed by atoms with Crippen LogP contribution in [0.15, 0.2) is 86.0 Å². The van der Waals surface area contributed by atoms with Crippen molar-refractivity contribution in [3.8, 4) is 16.9 Å². The molecule has 5 rings (SSSR count). The van der Waals surface area contributed by atoms with Crippen LogP contribution in [0.1, 0.15) is 54.6 Å². The molecule has 3 aromatic carbocycles. The monoisotopic (exact) mass is 635 g/mol. The van der Waals surface area contributed by atoms with Crippen LogP contribution in [-0.4, -0.2) is 46.2 Å². The van der Waals surface area contributed by atoms with E-state index in [1.54, 1.807) is 6.08 Å². The molecule has 0 spiro atoms. The number of aromatic nitrogens is 3. The number of benzene rings is 3. The zero-order valence-corrected chi connectivity index (χ0v) is 28.0. The minimum atomic E-state index is -0.356. The molecule has 0 aliphatic rings. The SMILES string of the molecule is C=CCOCc1c(-c2cccc3c(CCCOc4cccc5ccccc45)c(C(=O)OCC)n(CC=C)c23)c(COC(C)C)nn1C. The molecule has 0 bridgehead atoms. The Morgan fingerprint density at radius 3 is 2.51 bits per heavy atom. The van der Waals surface area contributed by atoms with Crippen molar-refractivity contribution in [1.29, 1.82) is 0 Å². The number of aryl methyl sites for hydroxylation is 2. The van der Waals surface area contributed by atoms with Gasteiger partial charge in [-0.3, -0.25) is 4.68 Å². The Bertz CT molecular complexity index is 1860. The molecule has 0 amide bonds. The van der Waals surface area contributed by atoms with Crippen molar-refractivity contribution in [2.45, 2.75) is 59.5 Å². The summed E-state index contributed by atoms with van der Waals surface area (Å²) in [6, 6.07) is 20.5. The summed E-state index contributed by atoms with van der Waals surface area (Å²) >= 11 is 0. The van der Waals surface area contributed by atoms with Crippen LogP contribution in [0.5, 0.6) is 5.75 Å². The Morgan fingerprint density at radius 2 is 1.74 bits per heavy atom. The summed E-state index contributed by atoms with van der Waals surface area (Å²) in [7, 11) is 1.92. The van der Waals surface area contributed by atoms with Crippen LogP contribution in [0.4, 0.5) is 0 Å². The minimum absolute atomic E-state index is 0.0313. The zero-order chi connectivity index (χ0) is 33.3. The van der Waals surface area contributed by atoms with Gasteiger partial charge >= 0.3 is 5.97 Å². The van der Waals surface area contributed by atoms with Crippen LogP contribution < -0.4 is 4.74 Å². The molecule has 47 heavy (non-hydrogen) atoms. The Kier molecular flexibility index (Phi) is 11.3. The predicted octanol–water partition coefficient (Wildman–Crippen LogP) is 8.20. The molecule has 246 valence electrons. The van der Waals surface area contributed by atoms with Crippen molar-refractivity contribution in [3.05, 3.63) is 109 Å². The molecule has 2 aromatic heterocycles. The lowest BCUT2D eigenvalue weighted by Crippen LogP contribution is -2.14. The maximum Gasteiger partial charge on any atom is 0.355 e. The van der Waals surface area contributed by atoms with E-state index in [2.05, 4.69) is 43.5 Å². The Morgan fingerprint density at radius 1 is 0.979 bits per heavy atom. The van der Waals surface area contributed by atoms with Crippen LogP contribution in [-0.2, 0) is 47.4 Å². The predicted molar refractivity (Wildman–Crippen MR) is 188 cm³/mol. The number of fused-ring (bicyclic) bond motifs is 2. The van der Waals surface area contributed by atoms with Gasteiger partial charge in [-0.05, 0) is 50.6 Å². The summed E-state index contributed by atoms with van der Waals surface area (Å²) in [6.07, 6.45) is 4.90. The van der Waals surface area contributed by atoms with Crippen LogP contribution >= 0.6 is 0 Å². The molecule has 8 heteroatoms. The van der Waals surface area contributed by atoms with Crippen molar-refractivity contribution in [1.82, 2.24) is 14.3 Å². The molecule has 0 aliphatic heterocycles. The van der Waals surface area contributed by atoms with Crippen molar-refractivity contribution >= 4 is 27.6 Å². The van der Waals surface area contributed by atoms with Gasteiger partial charge in [0.15, 0.2) is 0 Å². The highest BCUT2D eigenvalue weighted by atomic mass is 16.5. The first-order valence-corrected chi connectivity index (χ1v) is 16.3. The van der Waals surface area contributed by atoms with Gasteiger partial charge in [-0.25, -0.2) is 4.79 Å². The standard InChI is InChI=1S/C39H45N3O5/c1-7-22-42-37-30(18-13-19-32(37)36-33(25-47-27(4)5)40-41(6)34(36)26-44-23-8-2)31(38(42)39(43)45-9-3)20-14-24-46-35-21-12-16-28-15-10-11-17-29(28)35/h7-8,10-13,15-19,21,27H,1-2,9,14,20,22-26H2,3-6H3. The van der Waals surface area contributed by atoms with Crippen LogP contribution in [0.3, 0.4) is 0 Å². The average Bonchev–Trinajstić information content (AvgIpc) is 3.56. The van der Waals surface area contributed by atoms with Crippen molar-refractivity contribution in [2.75, 3.05) is 19.8 Å². The summed E-state index contributed by atoms with van der Waals surface area (Å²) in [4.78, 5) is 13.7. The van der Waals surface area contributed by atoms with Gasteiger partial charge in [-0.15, -0.1) is 13.2 Å². The molecule has 0 saturated carbocycles. The molecule has 0 N–H and O–H groups in total. The smallest absolute Gasteiger partial charge is 0.355 e. The van der Waals surface area contributed by atoms with E-state index in [-0.39, 0.29) is 18.7 Å². The van der Waals surface area contributed by atoms with E-state index >= 15 is 0 Å². The van der Waals surface area contributed by atoms with Crippen LogP contribution in [0.2, 0.25) is 0 Å². The number of ether oxygens (including phenoxy) is 4. The third-order valence-corrected chi connectivity index (χ3v) is 8.08. The number of allylic oxidation sites excluding steroid dienone is 1. The fourth-order valence-electron chi connectivity index (χ4n) is 6.11. The first-order valence-electron chi connectivity index (χ1n) is 16.3. The number of rotatable bonds is 17. The van der Waals surface area contributed by atoms with E-state index in [0.29, 0.717) is 51.5 Å². The maximum absolute atomic E-state index is 13.7. The number of nitrogens with zero attached hydrogens (tertiary/aromatic N) is 3. The first-order chi connectivity index (χ1) is 22.9. The molecule has 0 radical (unpaired) electrons. The largest absolute Gasteiger partial charge is 0.493 e. The number of esters is 1. The normalized spacial score (nSPS) is 11.4. The number of hydrogen-bond acceptors (Lipinski definition) is 6. The van der Waals surface area contributed by atoms with Gasteiger partial charge in [-0.2, -0.15) is 5.10 Å². The summed E-state index contributed by atoms with van der Waals surface area (Å²) in [5.74, 6) is 0.495. The minimum Gasteiger partial charge on any atom is -0.493 e. The second-order valence-corrected chi connectivity index (χ2v) is 11.6. The summed E-state index contributed by atoms with van der Waals surface area (Å²) in [6.45, 7) is 16.0. The van der Waals surface area contributed by atoms with E-state index in [9.17, 15) is 4.79 Å². The summed E-state index contributed by atoms with van der Waals surface area (Å²) in [5.41, 5.74) is 5.98. The lowest BCUT2D eigenvalue weighted by molar-refractivity contribution is 0.0513. The molecule has 0 aliphatic carbocycles. The van der Waals surface area contributed by atoms with E-state index in [4.69, 9.17) is 24.0 Å². The van der Waals surface area contributed by atoms with Gasteiger partial charge in [0.25, 0.3) is 0 Å². The van der Waals surface area contributed by atoms with E-state index in [1.807, 2.05) is 73.5 Å². The van der Waals surface area contributed by atoms with Crippen LogP contribution in [0.25, 0.3) is 32.8 Å². The molecular weight excluding hydrogens is 590 g/mol. The second-order valence-electron chi connectivity index (χ2n) is 11.6. The zero-order valence-electron chi connectivity index (χ0n) is 28.0. The quantitative estimate of drug-likeness (QED) is 0.0583. The van der Waals surface area contributed by atoms with Gasteiger partial charge in [-0.1, -0.05) is 66.7 Å². The summed E-state index contributed by atoms with van der Waals surface area (Å²) < 4.78 is 27.8. The van der Waals surface area contributed by atoms with Gasteiger partial charge in [0.2, 0.25) is 0 Å². The topological polar surface area (TPSA) is 76.7 Å². The number of para-hydroxylation sites is 1. The highest BCUT2D eigenvalue weighted by molar-refractivity contribution is 6.05. The summed E-state index contributed by atoms with van der Waals surface area (Å²) in [5, 5.41) is 8.07. The van der Waals surface area contributed by atoms with Crippen molar-refractivity contribution in [2.24, 2.45) is 7.05 Å². The van der Waals surface area contributed by atoms with Crippen LogP contribution in [0, 0.1) is 0 Å². The number of carbonyl (C=O) groups excluding carboxylic acids is 1. The molecule has 0 saturated heterocycles. The highest BCUT2D eigenvalue weighted by Gasteiger charge is 2.28. The van der Waals surface area contributed by atoms with E-state index in [1.165, 1.54) is 0 Å².